The molecule has 25 heavy (non-hydrogen) atoms. The molecule has 0 radical (unpaired) electrons. The molecular formula is C19H22N4O2. The van der Waals surface area contributed by atoms with E-state index in [1.54, 1.807) is 0 Å². The third-order valence-electron chi connectivity index (χ3n) is 4.76. The SMILES string of the molecule is C[C@H](c1ccccc1)N1CNc2cc3[nH]nc(OCCO)c3cc2C1. The molecule has 3 N–H and O–H groups in total. The zero-order chi connectivity index (χ0) is 17.2. The lowest BCUT2D eigenvalue weighted by Crippen LogP contribution is -2.35. The van der Waals surface area contributed by atoms with E-state index in [1.165, 1.54) is 11.1 Å². The Labute approximate surface area is 146 Å². The third-order valence-corrected chi connectivity index (χ3v) is 4.76. The van der Waals surface area contributed by atoms with E-state index in [4.69, 9.17) is 9.84 Å². The number of aliphatic hydroxyl groups excluding tert-OH is 1. The number of nitrogens with zero attached hydrogens (tertiary/aromatic N) is 2. The van der Waals surface area contributed by atoms with Crippen LogP contribution in [-0.4, -0.2) is 40.1 Å². The summed E-state index contributed by atoms with van der Waals surface area (Å²) in [6.45, 7) is 4.11. The van der Waals surface area contributed by atoms with Gasteiger partial charge in [-0.25, -0.2) is 0 Å². The van der Waals surface area contributed by atoms with Crippen LogP contribution in [0, 0.1) is 0 Å². The molecule has 2 heterocycles. The lowest BCUT2D eigenvalue weighted by atomic mass is 10.0. The Hall–Kier alpha value is -2.57. The fraction of sp³-hybridized carbons (Fsp3) is 0.316. The molecule has 0 saturated carbocycles. The Morgan fingerprint density at radius 3 is 2.92 bits per heavy atom. The van der Waals surface area contributed by atoms with Crippen molar-refractivity contribution in [1.82, 2.24) is 15.1 Å². The van der Waals surface area contributed by atoms with Crippen molar-refractivity contribution in [3.63, 3.8) is 0 Å². The van der Waals surface area contributed by atoms with Gasteiger partial charge in [-0.15, -0.1) is 5.10 Å². The van der Waals surface area contributed by atoms with E-state index in [9.17, 15) is 0 Å². The molecule has 1 aliphatic heterocycles. The summed E-state index contributed by atoms with van der Waals surface area (Å²) in [4.78, 5) is 2.40. The predicted octanol–water partition coefficient (Wildman–Crippen LogP) is 2.88. The first-order chi connectivity index (χ1) is 12.3. The van der Waals surface area contributed by atoms with Gasteiger partial charge in [0.05, 0.1) is 24.2 Å². The number of ether oxygens (including phenoxy) is 1. The highest BCUT2D eigenvalue weighted by Crippen LogP contribution is 2.33. The quantitative estimate of drug-likeness (QED) is 0.667. The first-order valence-corrected chi connectivity index (χ1v) is 8.54. The predicted molar refractivity (Wildman–Crippen MR) is 97.6 cm³/mol. The van der Waals surface area contributed by atoms with E-state index in [1.807, 2.05) is 6.07 Å². The van der Waals surface area contributed by atoms with Crippen molar-refractivity contribution >= 4 is 16.6 Å². The Kier molecular flexibility index (Phi) is 4.29. The molecule has 0 saturated heterocycles. The van der Waals surface area contributed by atoms with Gasteiger partial charge in [0.2, 0.25) is 5.88 Å². The lowest BCUT2D eigenvalue weighted by molar-refractivity contribution is 0.198. The van der Waals surface area contributed by atoms with Gasteiger partial charge >= 0.3 is 0 Å². The van der Waals surface area contributed by atoms with Gasteiger partial charge in [-0.2, -0.15) is 0 Å². The molecule has 130 valence electrons. The molecule has 0 aliphatic carbocycles. The van der Waals surface area contributed by atoms with Crippen molar-refractivity contribution in [1.29, 1.82) is 0 Å². The summed E-state index contributed by atoms with van der Waals surface area (Å²) in [6, 6.07) is 15.1. The number of aromatic amines is 1. The Bertz CT molecular complexity index is 862. The highest BCUT2D eigenvalue weighted by Gasteiger charge is 2.23. The van der Waals surface area contributed by atoms with Gasteiger partial charge in [-0.3, -0.25) is 10.00 Å². The van der Waals surface area contributed by atoms with Crippen LogP contribution in [0.4, 0.5) is 5.69 Å². The summed E-state index contributed by atoms with van der Waals surface area (Å²) < 4.78 is 5.52. The van der Waals surface area contributed by atoms with Gasteiger partial charge in [0, 0.05) is 18.3 Å². The van der Waals surface area contributed by atoms with E-state index in [2.05, 4.69) is 63.7 Å². The maximum atomic E-state index is 8.95. The van der Waals surface area contributed by atoms with Gasteiger partial charge in [0.25, 0.3) is 0 Å². The van der Waals surface area contributed by atoms with E-state index in [-0.39, 0.29) is 13.2 Å². The number of H-pyrrole nitrogens is 1. The van der Waals surface area contributed by atoms with Crippen molar-refractivity contribution in [2.75, 3.05) is 25.2 Å². The van der Waals surface area contributed by atoms with Crippen molar-refractivity contribution in [3.05, 3.63) is 53.6 Å². The molecule has 6 nitrogen and oxygen atoms in total. The van der Waals surface area contributed by atoms with Gasteiger partial charge in [-0.05, 0) is 30.2 Å². The van der Waals surface area contributed by atoms with Crippen LogP contribution in [0.15, 0.2) is 42.5 Å². The van der Waals surface area contributed by atoms with Crippen molar-refractivity contribution < 1.29 is 9.84 Å². The first-order valence-electron chi connectivity index (χ1n) is 8.54. The number of aromatic nitrogens is 2. The number of fused-ring (bicyclic) bond motifs is 2. The normalized spacial score (nSPS) is 15.6. The minimum absolute atomic E-state index is 0.0246. The number of benzene rings is 2. The standard InChI is InChI=1S/C19H22N4O2/c1-13(14-5-3-2-4-6-14)23-11-15-9-16-18(10-17(15)20-12-23)21-22-19(16)25-8-7-24/h2-6,9-10,13,20,24H,7-8,11-12H2,1H3,(H,21,22)/t13-/m1/s1. The molecule has 0 fully saturated rings. The van der Waals surface area contributed by atoms with E-state index in [0.29, 0.717) is 11.9 Å². The number of rotatable bonds is 5. The van der Waals surface area contributed by atoms with E-state index in [0.717, 1.165) is 29.8 Å². The molecular weight excluding hydrogens is 316 g/mol. The molecule has 0 unspecified atom stereocenters. The second-order valence-electron chi connectivity index (χ2n) is 6.32. The van der Waals surface area contributed by atoms with Crippen molar-refractivity contribution in [2.45, 2.75) is 19.5 Å². The largest absolute Gasteiger partial charge is 0.474 e. The number of hydrogen-bond acceptors (Lipinski definition) is 5. The Morgan fingerprint density at radius 1 is 1.28 bits per heavy atom. The van der Waals surface area contributed by atoms with Crippen LogP contribution < -0.4 is 10.1 Å². The number of hydrogen-bond donors (Lipinski definition) is 3. The fourth-order valence-electron chi connectivity index (χ4n) is 3.31. The van der Waals surface area contributed by atoms with Crippen molar-refractivity contribution in [2.24, 2.45) is 0 Å². The molecule has 4 rings (SSSR count). The lowest BCUT2D eigenvalue weighted by Gasteiger charge is -2.34. The van der Waals surface area contributed by atoms with Crippen LogP contribution in [0.5, 0.6) is 5.88 Å². The van der Waals surface area contributed by atoms with E-state index < -0.39 is 0 Å². The molecule has 3 aromatic rings. The summed E-state index contributed by atoms with van der Waals surface area (Å²) in [7, 11) is 0. The van der Waals surface area contributed by atoms with Gasteiger partial charge in [0.15, 0.2) is 0 Å². The van der Waals surface area contributed by atoms with Crippen LogP contribution in [0.25, 0.3) is 10.9 Å². The summed E-state index contributed by atoms with van der Waals surface area (Å²) >= 11 is 0. The summed E-state index contributed by atoms with van der Waals surface area (Å²) in [6.07, 6.45) is 0. The summed E-state index contributed by atoms with van der Waals surface area (Å²) in [5.74, 6) is 0.542. The number of nitrogens with one attached hydrogen (secondary N) is 2. The maximum absolute atomic E-state index is 8.95. The molecule has 0 spiro atoms. The molecule has 2 aromatic carbocycles. The van der Waals surface area contributed by atoms with Crippen LogP contribution in [0.1, 0.15) is 24.1 Å². The van der Waals surface area contributed by atoms with Crippen LogP contribution >= 0.6 is 0 Å². The minimum atomic E-state index is -0.0246. The van der Waals surface area contributed by atoms with Crippen LogP contribution in [0.3, 0.4) is 0 Å². The maximum Gasteiger partial charge on any atom is 0.240 e. The molecule has 0 amide bonds. The van der Waals surface area contributed by atoms with Gasteiger partial charge in [0.1, 0.15) is 6.61 Å². The highest BCUT2D eigenvalue weighted by molar-refractivity contribution is 5.88. The molecule has 1 aliphatic rings. The molecule has 1 aromatic heterocycles. The first kappa shape index (κ1) is 15.9. The van der Waals surface area contributed by atoms with Crippen molar-refractivity contribution in [3.8, 4) is 5.88 Å². The van der Waals surface area contributed by atoms with Crippen LogP contribution in [0.2, 0.25) is 0 Å². The summed E-state index contributed by atoms with van der Waals surface area (Å²) in [5, 5.41) is 20.6. The van der Waals surface area contributed by atoms with Crippen LogP contribution in [-0.2, 0) is 6.54 Å². The fourth-order valence-corrected chi connectivity index (χ4v) is 3.31. The smallest absolute Gasteiger partial charge is 0.240 e. The molecule has 6 heteroatoms. The molecule has 0 bridgehead atoms. The zero-order valence-electron chi connectivity index (χ0n) is 14.2. The van der Waals surface area contributed by atoms with E-state index >= 15 is 0 Å². The Morgan fingerprint density at radius 2 is 2.12 bits per heavy atom. The minimum Gasteiger partial charge on any atom is -0.474 e. The molecule has 1 atom stereocenters. The average Bonchev–Trinajstić information content (AvgIpc) is 3.06. The highest BCUT2D eigenvalue weighted by atomic mass is 16.5. The summed E-state index contributed by atoms with van der Waals surface area (Å²) in [5.41, 5.74) is 4.59. The monoisotopic (exact) mass is 338 g/mol. The van der Waals surface area contributed by atoms with Gasteiger partial charge in [-0.1, -0.05) is 30.3 Å². The second-order valence-corrected chi connectivity index (χ2v) is 6.32. The van der Waals surface area contributed by atoms with Gasteiger partial charge < -0.3 is 15.2 Å². The Balaban J connectivity index is 1.61. The second kappa shape index (κ2) is 6.74. The number of aliphatic hydroxyl groups is 1. The average molecular weight is 338 g/mol. The zero-order valence-corrected chi connectivity index (χ0v) is 14.2. The number of anilines is 1. The topological polar surface area (TPSA) is 73.4 Å². The third kappa shape index (κ3) is 3.06.